The zero-order valence-corrected chi connectivity index (χ0v) is 10.3. The van der Waals surface area contributed by atoms with E-state index in [9.17, 15) is 4.79 Å². The predicted octanol–water partition coefficient (Wildman–Crippen LogP) is 3.10. The van der Waals surface area contributed by atoms with Gasteiger partial charge in [0, 0.05) is 24.4 Å². The Labute approximate surface area is 106 Å². The van der Waals surface area contributed by atoms with E-state index < -0.39 is 0 Å². The van der Waals surface area contributed by atoms with Gasteiger partial charge < -0.3 is 0 Å². The number of para-hydroxylation sites is 1. The Morgan fingerprint density at radius 3 is 2.83 bits per heavy atom. The molecular weight excluding hydrogens is 224 g/mol. The topological polar surface area (TPSA) is 45.8 Å². The molecule has 18 heavy (non-hydrogen) atoms. The highest BCUT2D eigenvalue weighted by atomic mass is 16.1. The standard InChI is InChI=1S/C15H14N2O/c1-3-6-14-13(9-10-16)12-7-4-5-8-15(12)17(14)11(2)18/h3-5,7-8H,1,6,9H2,2H3. The van der Waals surface area contributed by atoms with Crippen molar-refractivity contribution in [3.05, 3.63) is 48.2 Å². The van der Waals surface area contributed by atoms with Crippen LogP contribution in [0.15, 0.2) is 36.9 Å². The van der Waals surface area contributed by atoms with Gasteiger partial charge >= 0.3 is 0 Å². The third-order valence-electron chi connectivity index (χ3n) is 3.00. The summed E-state index contributed by atoms with van der Waals surface area (Å²) in [6.07, 6.45) is 2.66. The van der Waals surface area contributed by atoms with E-state index in [0.29, 0.717) is 12.8 Å². The molecule has 0 radical (unpaired) electrons. The molecular formula is C15H14N2O. The molecule has 0 saturated heterocycles. The summed E-state index contributed by atoms with van der Waals surface area (Å²) < 4.78 is 1.68. The Morgan fingerprint density at radius 2 is 2.22 bits per heavy atom. The minimum Gasteiger partial charge on any atom is -0.284 e. The summed E-state index contributed by atoms with van der Waals surface area (Å²) in [6.45, 7) is 5.26. The first-order chi connectivity index (χ1) is 8.70. The van der Waals surface area contributed by atoms with E-state index in [2.05, 4.69) is 12.6 Å². The molecule has 0 bridgehead atoms. The van der Waals surface area contributed by atoms with Crippen LogP contribution in [0.2, 0.25) is 0 Å². The van der Waals surface area contributed by atoms with Crippen LogP contribution < -0.4 is 0 Å². The van der Waals surface area contributed by atoms with Gasteiger partial charge in [-0.15, -0.1) is 6.58 Å². The monoisotopic (exact) mass is 238 g/mol. The number of fused-ring (bicyclic) bond motifs is 1. The number of hydrogen-bond donors (Lipinski definition) is 0. The van der Waals surface area contributed by atoms with Gasteiger partial charge in [-0.25, -0.2) is 0 Å². The second-order valence-corrected chi connectivity index (χ2v) is 4.12. The first kappa shape index (κ1) is 12.1. The maximum absolute atomic E-state index is 11.8. The van der Waals surface area contributed by atoms with Crippen LogP contribution in [0.5, 0.6) is 0 Å². The van der Waals surface area contributed by atoms with E-state index in [0.717, 1.165) is 22.2 Å². The molecule has 0 aliphatic carbocycles. The number of nitrogens with zero attached hydrogens (tertiary/aromatic N) is 2. The zero-order valence-electron chi connectivity index (χ0n) is 10.3. The van der Waals surface area contributed by atoms with Crippen molar-refractivity contribution in [1.29, 1.82) is 5.26 Å². The Morgan fingerprint density at radius 1 is 1.50 bits per heavy atom. The number of aromatic nitrogens is 1. The van der Waals surface area contributed by atoms with Gasteiger partial charge in [0.2, 0.25) is 5.91 Å². The van der Waals surface area contributed by atoms with Crippen molar-refractivity contribution in [2.75, 3.05) is 0 Å². The number of allylic oxidation sites excluding steroid dienone is 1. The molecule has 0 saturated carbocycles. The lowest BCUT2D eigenvalue weighted by molar-refractivity contribution is 0.0939. The van der Waals surface area contributed by atoms with E-state index in [1.165, 1.54) is 6.92 Å². The predicted molar refractivity (Wildman–Crippen MR) is 71.5 cm³/mol. The molecule has 0 amide bonds. The fraction of sp³-hybridized carbons (Fsp3) is 0.200. The van der Waals surface area contributed by atoms with Gasteiger partial charge in [-0.3, -0.25) is 9.36 Å². The first-order valence-electron chi connectivity index (χ1n) is 5.80. The molecule has 0 N–H and O–H groups in total. The zero-order chi connectivity index (χ0) is 13.1. The van der Waals surface area contributed by atoms with E-state index in [1.807, 2.05) is 24.3 Å². The van der Waals surface area contributed by atoms with Gasteiger partial charge in [0.1, 0.15) is 0 Å². The first-order valence-corrected chi connectivity index (χ1v) is 5.80. The molecule has 3 nitrogen and oxygen atoms in total. The molecule has 0 atom stereocenters. The van der Waals surface area contributed by atoms with Gasteiger partial charge in [-0.05, 0) is 11.6 Å². The average Bonchev–Trinajstić information content (AvgIpc) is 2.65. The molecule has 90 valence electrons. The number of nitriles is 1. The summed E-state index contributed by atoms with van der Waals surface area (Å²) in [6, 6.07) is 9.85. The molecule has 1 aromatic carbocycles. The normalized spacial score (nSPS) is 10.2. The van der Waals surface area contributed by atoms with Crippen molar-refractivity contribution in [1.82, 2.24) is 4.57 Å². The quantitative estimate of drug-likeness (QED) is 0.771. The van der Waals surface area contributed by atoms with E-state index >= 15 is 0 Å². The summed E-state index contributed by atoms with van der Waals surface area (Å²) in [5, 5.41) is 9.93. The molecule has 0 aliphatic heterocycles. The molecule has 1 aromatic heterocycles. The Hall–Kier alpha value is -2.34. The number of carbonyl (C=O) groups is 1. The van der Waals surface area contributed by atoms with Crippen LogP contribution in [0, 0.1) is 11.3 Å². The van der Waals surface area contributed by atoms with Crippen molar-refractivity contribution in [3.8, 4) is 6.07 Å². The Balaban J connectivity index is 2.86. The molecule has 0 unspecified atom stereocenters. The molecule has 0 fully saturated rings. The fourth-order valence-corrected chi connectivity index (χ4v) is 2.35. The third kappa shape index (κ3) is 1.82. The SMILES string of the molecule is C=CCc1c(CC#N)c2ccccc2n1C(C)=O. The van der Waals surface area contributed by atoms with Gasteiger partial charge in [0.25, 0.3) is 0 Å². The molecule has 2 rings (SSSR count). The van der Waals surface area contributed by atoms with E-state index in [1.54, 1.807) is 10.6 Å². The molecule has 1 heterocycles. The van der Waals surface area contributed by atoms with Gasteiger partial charge in [0.15, 0.2) is 0 Å². The Bertz CT molecular complexity index is 659. The summed E-state index contributed by atoms with van der Waals surface area (Å²) in [7, 11) is 0. The summed E-state index contributed by atoms with van der Waals surface area (Å²) >= 11 is 0. The average molecular weight is 238 g/mol. The minimum absolute atomic E-state index is 0.0350. The highest BCUT2D eigenvalue weighted by Crippen LogP contribution is 2.27. The van der Waals surface area contributed by atoms with E-state index in [-0.39, 0.29) is 5.91 Å². The highest BCUT2D eigenvalue weighted by Gasteiger charge is 2.17. The number of hydrogen-bond acceptors (Lipinski definition) is 2. The fourth-order valence-electron chi connectivity index (χ4n) is 2.35. The van der Waals surface area contributed by atoms with Gasteiger partial charge in [-0.1, -0.05) is 24.3 Å². The number of benzene rings is 1. The summed E-state index contributed by atoms with van der Waals surface area (Å²) in [5.74, 6) is -0.0350. The van der Waals surface area contributed by atoms with Crippen LogP contribution in [0.3, 0.4) is 0 Å². The van der Waals surface area contributed by atoms with Crippen molar-refractivity contribution in [3.63, 3.8) is 0 Å². The van der Waals surface area contributed by atoms with E-state index in [4.69, 9.17) is 5.26 Å². The smallest absolute Gasteiger partial charge is 0.228 e. The van der Waals surface area contributed by atoms with Crippen LogP contribution in [0.1, 0.15) is 23.0 Å². The lowest BCUT2D eigenvalue weighted by atomic mass is 10.1. The molecule has 2 aromatic rings. The second kappa shape index (κ2) is 4.89. The number of rotatable bonds is 3. The highest BCUT2D eigenvalue weighted by molar-refractivity contribution is 5.95. The largest absolute Gasteiger partial charge is 0.284 e. The van der Waals surface area contributed by atoms with Crippen molar-refractivity contribution in [2.45, 2.75) is 19.8 Å². The van der Waals surface area contributed by atoms with Gasteiger partial charge in [0.05, 0.1) is 18.0 Å². The third-order valence-corrected chi connectivity index (χ3v) is 3.00. The number of carbonyl (C=O) groups excluding carboxylic acids is 1. The van der Waals surface area contributed by atoms with Crippen LogP contribution in [0.25, 0.3) is 10.9 Å². The second-order valence-electron chi connectivity index (χ2n) is 4.12. The summed E-state index contributed by atoms with van der Waals surface area (Å²) in [4.78, 5) is 11.8. The van der Waals surface area contributed by atoms with Crippen LogP contribution in [-0.2, 0) is 12.8 Å². The van der Waals surface area contributed by atoms with Crippen LogP contribution in [-0.4, -0.2) is 10.5 Å². The maximum atomic E-state index is 11.8. The lowest BCUT2D eigenvalue weighted by Crippen LogP contribution is -2.10. The molecule has 0 aliphatic rings. The van der Waals surface area contributed by atoms with Crippen molar-refractivity contribution < 1.29 is 4.79 Å². The van der Waals surface area contributed by atoms with Crippen LogP contribution in [0.4, 0.5) is 0 Å². The molecule has 0 spiro atoms. The van der Waals surface area contributed by atoms with Crippen molar-refractivity contribution >= 4 is 16.8 Å². The minimum atomic E-state index is -0.0350. The Kier molecular flexibility index (Phi) is 3.29. The summed E-state index contributed by atoms with van der Waals surface area (Å²) in [5.41, 5.74) is 2.68. The van der Waals surface area contributed by atoms with Gasteiger partial charge in [-0.2, -0.15) is 5.26 Å². The lowest BCUT2D eigenvalue weighted by Gasteiger charge is -2.05. The van der Waals surface area contributed by atoms with Crippen LogP contribution >= 0.6 is 0 Å². The van der Waals surface area contributed by atoms with Crippen molar-refractivity contribution in [2.24, 2.45) is 0 Å². The maximum Gasteiger partial charge on any atom is 0.228 e. The molecule has 3 heteroatoms.